The first-order valence-corrected chi connectivity index (χ1v) is 11.5. The van der Waals surface area contributed by atoms with E-state index in [1.165, 1.54) is 10.5 Å². The SMILES string of the molecule is O=C(NO)[C@@H]1C[C@H](O)CN1C(=O)c1ccc(C#Cc2ccc(CN3CCC(O)CC3)cc2)cc1. The lowest BCUT2D eigenvalue weighted by atomic mass is 10.1. The van der Waals surface area contributed by atoms with Gasteiger partial charge >= 0.3 is 0 Å². The molecule has 0 unspecified atom stereocenters. The number of carbonyl (C=O) groups is 2. The van der Waals surface area contributed by atoms with E-state index >= 15 is 0 Å². The minimum atomic E-state index is -0.906. The van der Waals surface area contributed by atoms with Gasteiger partial charge in [0.1, 0.15) is 6.04 Å². The molecule has 2 aliphatic heterocycles. The maximum Gasteiger partial charge on any atom is 0.266 e. The maximum absolute atomic E-state index is 12.8. The molecule has 0 aliphatic carbocycles. The molecule has 2 aromatic rings. The predicted molar refractivity (Wildman–Crippen MR) is 125 cm³/mol. The number of piperidine rings is 1. The van der Waals surface area contributed by atoms with Crippen molar-refractivity contribution in [1.29, 1.82) is 0 Å². The van der Waals surface area contributed by atoms with Crippen LogP contribution in [0, 0.1) is 11.8 Å². The molecule has 2 amide bonds. The monoisotopic (exact) mass is 463 g/mol. The topological polar surface area (TPSA) is 113 Å². The van der Waals surface area contributed by atoms with E-state index in [4.69, 9.17) is 5.21 Å². The largest absolute Gasteiger partial charge is 0.393 e. The van der Waals surface area contributed by atoms with Crippen molar-refractivity contribution in [3.8, 4) is 11.8 Å². The van der Waals surface area contributed by atoms with Crippen LogP contribution in [-0.2, 0) is 11.3 Å². The summed E-state index contributed by atoms with van der Waals surface area (Å²) >= 11 is 0. The number of hydrogen-bond acceptors (Lipinski definition) is 6. The summed E-state index contributed by atoms with van der Waals surface area (Å²) in [5.41, 5.74) is 4.79. The fourth-order valence-electron chi connectivity index (χ4n) is 4.40. The number of rotatable bonds is 4. The Kier molecular flexibility index (Phi) is 7.60. The molecule has 2 fully saturated rings. The molecule has 0 saturated carbocycles. The predicted octanol–water partition coefficient (Wildman–Crippen LogP) is 1.12. The second-order valence-corrected chi connectivity index (χ2v) is 8.87. The number of hydrogen-bond donors (Lipinski definition) is 4. The highest BCUT2D eigenvalue weighted by molar-refractivity contribution is 5.98. The molecule has 2 saturated heterocycles. The molecule has 2 atom stereocenters. The normalized spacial score (nSPS) is 21.1. The van der Waals surface area contributed by atoms with Gasteiger partial charge in [0, 0.05) is 49.3 Å². The Morgan fingerprint density at radius 2 is 1.50 bits per heavy atom. The van der Waals surface area contributed by atoms with E-state index in [2.05, 4.69) is 28.9 Å². The Morgan fingerprint density at radius 1 is 0.912 bits per heavy atom. The summed E-state index contributed by atoms with van der Waals surface area (Å²) < 4.78 is 0. The van der Waals surface area contributed by atoms with Crippen LogP contribution in [0.15, 0.2) is 48.5 Å². The van der Waals surface area contributed by atoms with Crippen molar-refractivity contribution in [2.75, 3.05) is 19.6 Å². The Labute approximate surface area is 198 Å². The van der Waals surface area contributed by atoms with E-state index in [1.807, 2.05) is 12.1 Å². The number of benzene rings is 2. The smallest absolute Gasteiger partial charge is 0.266 e. The Hall–Kier alpha value is -3.22. The number of aliphatic hydroxyl groups excluding tert-OH is 2. The van der Waals surface area contributed by atoms with E-state index < -0.39 is 18.1 Å². The number of aliphatic hydroxyl groups is 2. The van der Waals surface area contributed by atoms with Crippen molar-refractivity contribution >= 4 is 11.8 Å². The van der Waals surface area contributed by atoms with Crippen LogP contribution < -0.4 is 5.48 Å². The molecule has 4 rings (SSSR count). The average Bonchev–Trinajstić information content (AvgIpc) is 3.26. The zero-order chi connectivity index (χ0) is 24.1. The molecule has 8 nitrogen and oxygen atoms in total. The summed E-state index contributed by atoms with van der Waals surface area (Å²) in [7, 11) is 0. The summed E-state index contributed by atoms with van der Waals surface area (Å²) in [5.74, 6) is 5.13. The van der Waals surface area contributed by atoms with E-state index in [-0.39, 0.29) is 25.0 Å². The lowest BCUT2D eigenvalue weighted by molar-refractivity contribution is -0.133. The van der Waals surface area contributed by atoms with Crippen molar-refractivity contribution in [3.63, 3.8) is 0 Å². The van der Waals surface area contributed by atoms with Crippen molar-refractivity contribution in [1.82, 2.24) is 15.3 Å². The molecule has 8 heteroatoms. The standard InChI is InChI=1S/C26H29N3O5/c30-22-11-13-28(14-12-22)16-20-5-3-18(4-6-20)1-2-19-7-9-21(10-8-19)26(33)29-17-23(31)15-24(29)25(32)27-34/h3-10,22-24,30-31,34H,11-17H2,(H,27,32)/t23-,24-/m0/s1. The summed E-state index contributed by atoms with van der Waals surface area (Å²) in [6, 6.07) is 14.0. The Bertz CT molecular complexity index is 1070. The molecule has 0 spiro atoms. The molecular formula is C26H29N3O5. The average molecular weight is 464 g/mol. The van der Waals surface area contributed by atoms with Gasteiger partial charge < -0.3 is 15.1 Å². The second-order valence-electron chi connectivity index (χ2n) is 8.87. The van der Waals surface area contributed by atoms with E-state index in [0.29, 0.717) is 5.56 Å². The molecule has 2 aliphatic rings. The Morgan fingerprint density at radius 3 is 2.09 bits per heavy atom. The second kappa shape index (κ2) is 10.8. The zero-order valence-electron chi connectivity index (χ0n) is 18.9. The zero-order valence-corrected chi connectivity index (χ0v) is 18.9. The van der Waals surface area contributed by atoms with Gasteiger partial charge in [-0.25, -0.2) is 5.48 Å². The molecule has 34 heavy (non-hydrogen) atoms. The number of amides is 2. The quantitative estimate of drug-likeness (QED) is 0.307. The van der Waals surface area contributed by atoms with Crippen LogP contribution in [0.5, 0.6) is 0 Å². The number of carbonyl (C=O) groups excluding carboxylic acids is 2. The van der Waals surface area contributed by atoms with Crippen LogP contribution in [-0.4, -0.2) is 74.9 Å². The maximum atomic E-state index is 12.8. The molecule has 2 aromatic carbocycles. The third-order valence-electron chi connectivity index (χ3n) is 6.35. The van der Waals surface area contributed by atoms with Crippen LogP contribution >= 0.6 is 0 Å². The number of nitrogens with zero attached hydrogens (tertiary/aromatic N) is 2. The molecule has 0 bridgehead atoms. The van der Waals surface area contributed by atoms with Crippen LogP contribution in [0.4, 0.5) is 0 Å². The first kappa shape index (κ1) is 23.9. The van der Waals surface area contributed by atoms with Crippen LogP contribution in [0.3, 0.4) is 0 Å². The summed E-state index contributed by atoms with van der Waals surface area (Å²) in [5, 5.41) is 28.4. The van der Waals surface area contributed by atoms with E-state index in [9.17, 15) is 19.8 Å². The van der Waals surface area contributed by atoms with Gasteiger partial charge in [-0.3, -0.25) is 19.7 Å². The third-order valence-corrected chi connectivity index (χ3v) is 6.35. The Balaban J connectivity index is 1.36. The van der Waals surface area contributed by atoms with Crippen LogP contribution in [0.25, 0.3) is 0 Å². The number of β-amino-alcohol motifs (C(OH)–C–C–N with tert-alkyl or cyclic N) is 1. The highest BCUT2D eigenvalue weighted by Gasteiger charge is 2.39. The summed E-state index contributed by atoms with van der Waals surface area (Å²) in [6.45, 7) is 2.72. The molecule has 0 aromatic heterocycles. The van der Waals surface area contributed by atoms with Gasteiger partial charge in [0.2, 0.25) is 0 Å². The lowest BCUT2D eigenvalue weighted by Gasteiger charge is -2.29. The number of hydroxylamine groups is 1. The van der Waals surface area contributed by atoms with Crippen LogP contribution in [0.2, 0.25) is 0 Å². The van der Waals surface area contributed by atoms with E-state index in [1.54, 1.807) is 29.7 Å². The first-order valence-electron chi connectivity index (χ1n) is 11.5. The summed E-state index contributed by atoms with van der Waals surface area (Å²) in [4.78, 5) is 28.2. The minimum absolute atomic E-state index is 0.0359. The van der Waals surface area contributed by atoms with Gasteiger partial charge in [-0.1, -0.05) is 24.0 Å². The molecule has 4 N–H and O–H groups in total. The van der Waals surface area contributed by atoms with Crippen molar-refractivity contribution in [2.24, 2.45) is 0 Å². The van der Waals surface area contributed by atoms with Gasteiger partial charge in [0.15, 0.2) is 0 Å². The molecule has 178 valence electrons. The van der Waals surface area contributed by atoms with Crippen LogP contribution in [0.1, 0.15) is 46.3 Å². The van der Waals surface area contributed by atoms with Gasteiger partial charge in [0.05, 0.1) is 12.2 Å². The molecular weight excluding hydrogens is 434 g/mol. The fraction of sp³-hybridized carbons (Fsp3) is 0.385. The fourth-order valence-corrected chi connectivity index (χ4v) is 4.40. The van der Waals surface area contributed by atoms with E-state index in [0.717, 1.165) is 43.6 Å². The van der Waals surface area contributed by atoms with Crippen molar-refractivity contribution < 1.29 is 25.0 Å². The minimum Gasteiger partial charge on any atom is -0.393 e. The lowest BCUT2D eigenvalue weighted by Crippen LogP contribution is -2.45. The number of likely N-dealkylation sites (tertiary alicyclic amines) is 2. The van der Waals surface area contributed by atoms with Gasteiger partial charge in [0.25, 0.3) is 11.8 Å². The highest BCUT2D eigenvalue weighted by Crippen LogP contribution is 2.21. The summed E-state index contributed by atoms with van der Waals surface area (Å²) in [6.07, 6.45) is 0.759. The molecule has 0 radical (unpaired) electrons. The van der Waals surface area contributed by atoms with Crippen molar-refractivity contribution in [2.45, 2.75) is 44.1 Å². The molecule has 2 heterocycles. The first-order chi connectivity index (χ1) is 16.4. The van der Waals surface area contributed by atoms with Gasteiger partial charge in [-0.05, 0) is 54.8 Å². The third kappa shape index (κ3) is 5.82. The van der Waals surface area contributed by atoms with Gasteiger partial charge in [-0.15, -0.1) is 0 Å². The van der Waals surface area contributed by atoms with Gasteiger partial charge in [-0.2, -0.15) is 0 Å². The number of nitrogens with one attached hydrogen (secondary N) is 1. The van der Waals surface area contributed by atoms with Crippen molar-refractivity contribution in [3.05, 3.63) is 70.8 Å². The highest BCUT2D eigenvalue weighted by atomic mass is 16.5.